The van der Waals surface area contributed by atoms with Crippen LogP contribution in [0, 0.1) is 19.8 Å². The summed E-state index contributed by atoms with van der Waals surface area (Å²) < 4.78 is 0. The zero-order chi connectivity index (χ0) is 37.4. The predicted octanol–water partition coefficient (Wildman–Crippen LogP) is 15.5. The van der Waals surface area contributed by atoms with Crippen molar-refractivity contribution in [3.63, 3.8) is 0 Å². The molecule has 0 fully saturated rings. The molecule has 2 aromatic carbocycles. The summed E-state index contributed by atoms with van der Waals surface area (Å²) in [5, 5.41) is 23.3. The molecule has 0 aliphatic heterocycles. The van der Waals surface area contributed by atoms with Crippen LogP contribution in [0.4, 0.5) is 0 Å². The molecule has 0 spiro atoms. The van der Waals surface area contributed by atoms with E-state index in [9.17, 15) is 10.2 Å². The minimum absolute atomic E-state index is 0.140. The van der Waals surface area contributed by atoms with Gasteiger partial charge in [-0.1, -0.05) is 196 Å². The second-order valence-corrected chi connectivity index (χ2v) is 18.3. The van der Waals surface area contributed by atoms with Crippen LogP contribution < -0.4 is 0 Å². The fraction of sp³-hybridized carbons (Fsp3) is 0.750. The lowest BCUT2D eigenvalue weighted by atomic mass is 9.62. The number of aryl methyl sites for hydroxylation is 2. The molecular weight excluding hydrogens is 609 g/mol. The Bertz CT molecular complexity index is 1170. The van der Waals surface area contributed by atoms with E-state index in [-0.39, 0.29) is 16.2 Å². The highest BCUT2D eigenvalue weighted by atomic mass is 16.3. The maximum absolute atomic E-state index is 11.7. The third-order valence-corrected chi connectivity index (χ3v) is 11.6. The fourth-order valence-corrected chi connectivity index (χ4v) is 8.64. The van der Waals surface area contributed by atoms with Crippen LogP contribution >= 0.6 is 0 Å². The number of phenols is 2. The quantitative estimate of drug-likeness (QED) is 0.108. The van der Waals surface area contributed by atoms with E-state index in [1.54, 1.807) is 0 Å². The molecule has 0 saturated carbocycles. The van der Waals surface area contributed by atoms with Gasteiger partial charge in [0.05, 0.1) is 0 Å². The Morgan fingerprint density at radius 1 is 0.460 bits per heavy atom. The van der Waals surface area contributed by atoms with E-state index in [2.05, 4.69) is 100 Å². The lowest BCUT2D eigenvalue weighted by Crippen LogP contribution is -2.33. The molecule has 2 heteroatoms. The van der Waals surface area contributed by atoms with Crippen molar-refractivity contribution in [1.82, 2.24) is 0 Å². The van der Waals surface area contributed by atoms with Crippen LogP contribution in [0.3, 0.4) is 0 Å². The van der Waals surface area contributed by atoms with Crippen LogP contribution in [-0.2, 0) is 16.2 Å². The molecule has 0 amide bonds. The van der Waals surface area contributed by atoms with Crippen LogP contribution in [0.2, 0.25) is 0 Å². The van der Waals surface area contributed by atoms with Gasteiger partial charge in [0.2, 0.25) is 0 Å². The fourth-order valence-electron chi connectivity index (χ4n) is 8.64. The average molecular weight is 691 g/mol. The van der Waals surface area contributed by atoms with Crippen LogP contribution in [0.25, 0.3) is 0 Å². The predicted molar refractivity (Wildman–Crippen MR) is 221 cm³/mol. The lowest BCUT2D eigenvalue weighted by Gasteiger charge is -2.42. The number of phenolic OH excluding ortho intramolecular Hbond substituents is 2. The van der Waals surface area contributed by atoms with Gasteiger partial charge in [0.25, 0.3) is 0 Å². The first kappa shape index (κ1) is 44.2. The summed E-state index contributed by atoms with van der Waals surface area (Å²) in [5.41, 5.74) is 6.54. The summed E-state index contributed by atoms with van der Waals surface area (Å²) in [6.45, 7) is 24.6. The van der Waals surface area contributed by atoms with Crippen molar-refractivity contribution < 1.29 is 10.2 Å². The third-order valence-electron chi connectivity index (χ3n) is 11.6. The lowest BCUT2D eigenvalue weighted by molar-refractivity contribution is 0.289. The standard InChI is InChI=1S/C48H82O2/c1-12-15-18-20-21-22-23-24-26-28-30-39(29-27-25-19-16-13-2)36-48(31-17-14-3,40-34-44(49)42(32-37(40)4)46(6,7)8)41-35-45(50)43(33-38(41)5)47(9,10)11/h32-35,39,49-50H,12-31,36H2,1-11H3. The summed E-state index contributed by atoms with van der Waals surface area (Å²) in [5.74, 6) is 1.44. The molecule has 286 valence electrons. The maximum Gasteiger partial charge on any atom is 0.119 e. The van der Waals surface area contributed by atoms with Crippen LogP contribution in [0.15, 0.2) is 24.3 Å². The molecule has 0 radical (unpaired) electrons. The van der Waals surface area contributed by atoms with Crippen molar-refractivity contribution in [2.75, 3.05) is 0 Å². The van der Waals surface area contributed by atoms with Gasteiger partial charge < -0.3 is 10.2 Å². The molecule has 2 N–H and O–H groups in total. The molecule has 50 heavy (non-hydrogen) atoms. The number of hydrogen-bond acceptors (Lipinski definition) is 2. The van der Waals surface area contributed by atoms with Gasteiger partial charge in [-0.15, -0.1) is 0 Å². The van der Waals surface area contributed by atoms with E-state index in [1.165, 1.54) is 131 Å². The van der Waals surface area contributed by atoms with Crippen LogP contribution in [0.1, 0.15) is 231 Å². The van der Waals surface area contributed by atoms with Gasteiger partial charge in [-0.25, -0.2) is 0 Å². The molecule has 0 aliphatic carbocycles. The summed E-state index contributed by atoms with van der Waals surface area (Å²) in [7, 11) is 0. The van der Waals surface area contributed by atoms with Crippen molar-refractivity contribution in [3.8, 4) is 11.5 Å². The van der Waals surface area contributed by atoms with E-state index in [0.29, 0.717) is 17.4 Å². The zero-order valence-electron chi connectivity index (χ0n) is 35.1. The smallest absolute Gasteiger partial charge is 0.119 e. The monoisotopic (exact) mass is 691 g/mol. The number of benzene rings is 2. The summed E-state index contributed by atoms with van der Waals surface area (Å²) >= 11 is 0. The number of rotatable bonds is 24. The topological polar surface area (TPSA) is 40.5 Å². The molecule has 1 atom stereocenters. The molecule has 2 aromatic rings. The Kier molecular flexibility index (Phi) is 19.0. The highest BCUT2D eigenvalue weighted by molar-refractivity contribution is 5.56. The summed E-state index contributed by atoms with van der Waals surface area (Å²) in [4.78, 5) is 0. The molecule has 0 heterocycles. The Balaban J connectivity index is 2.60. The molecule has 0 aliphatic rings. The number of hydrogen-bond donors (Lipinski definition) is 2. The van der Waals surface area contributed by atoms with Crippen molar-refractivity contribution in [2.45, 2.75) is 227 Å². The Morgan fingerprint density at radius 2 is 0.800 bits per heavy atom. The van der Waals surface area contributed by atoms with Crippen molar-refractivity contribution in [1.29, 1.82) is 0 Å². The summed E-state index contributed by atoms with van der Waals surface area (Å²) in [6, 6.07) is 8.81. The van der Waals surface area contributed by atoms with Gasteiger partial charge in [0.1, 0.15) is 11.5 Å². The normalized spacial score (nSPS) is 13.3. The van der Waals surface area contributed by atoms with E-state index in [1.807, 2.05) is 0 Å². The second kappa shape index (κ2) is 21.5. The minimum atomic E-state index is -0.279. The van der Waals surface area contributed by atoms with Crippen molar-refractivity contribution in [3.05, 3.63) is 57.6 Å². The molecule has 1 unspecified atom stereocenters. The summed E-state index contributed by atoms with van der Waals surface area (Å²) in [6.07, 6.45) is 27.2. The van der Waals surface area contributed by atoms with Gasteiger partial charge in [0, 0.05) is 5.41 Å². The molecular formula is C48H82O2. The van der Waals surface area contributed by atoms with Gasteiger partial charge in [-0.2, -0.15) is 0 Å². The first-order valence-corrected chi connectivity index (χ1v) is 21.3. The second-order valence-electron chi connectivity index (χ2n) is 18.3. The molecule has 0 aromatic heterocycles. The largest absolute Gasteiger partial charge is 0.508 e. The molecule has 0 saturated heterocycles. The van der Waals surface area contributed by atoms with Gasteiger partial charge in [-0.3, -0.25) is 0 Å². The van der Waals surface area contributed by atoms with Gasteiger partial charge in [-0.05, 0) is 89.0 Å². The van der Waals surface area contributed by atoms with Crippen molar-refractivity contribution in [2.24, 2.45) is 5.92 Å². The van der Waals surface area contributed by atoms with Crippen molar-refractivity contribution >= 4 is 0 Å². The van der Waals surface area contributed by atoms with E-state index in [0.717, 1.165) is 36.8 Å². The molecule has 2 nitrogen and oxygen atoms in total. The van der Waals surface area contributed by atoms with E-state index < -0.39 is 0 Å². The molecule has 0 bridgehead atoms. The maximum atomic E-state index is 11.7. The third kappa shape index (κ3) is 13.5. The van der Waals surface area contributed by atoms with Crippen LogP contribution in [-0.4, -0.2) is 10.2 Å². The first-order chi connectivity index (χ1) is 23.6. The average Bonchev–Trinajstić information content (AvgIpc) is 3.04. The van der Waals surface area contributed by atoms with Gasteiger partial charge >= 0.3 is 0 Å². The number of unbranched alkanes of at least 4 members (excludes halogenated alkanes) is 14. The van der Waals surface area contributed by atoms with Gasteiger partial charge in [0.15, 0.2) is 0 Å². The van der Waals surface area contributed by atoms with Crippen LogP contribution in [0.5, 0.6) is 11.5 Å². The highest BCUT2D eigenvalue weighted by Crippen LogP contribution is 2.50. The Labute approximate surface area is 311 Å². The zero-order valence-corrected chi connectivity index (χ0v) is 35.1. The first-order valence-electron chi connectivity index (χ1n) is 21.3. The SMILES string of the molecule is CCCCCCCCCCCCC(CCCCCCC)CC(CCCC)(c1cc(O)c(C(C)(C)C)cc1C)c1cc(O)c(C(C)(C)C)cc1C. The minimum Gasteiger partial charge on any atom is -0.508 e. The number of aromatic hydroxyl groups is 2. The molecule has 2 rings (SSSR count). The Hall–Kier alpha value is -1.96. The Morgan fingerprint density at radius 3 is 1.14 bits per heavy atom. The van der Waals surface area contributed by atoms with E-state index in [4.69, 9.17) is 0 Å². The highest BCUT2D eigenvalue weighted by Gasteiger charge is 2.40. The van der Waals surface area contributed by atoms with E-state index >= 15 is 0 Å².